The summed E-state index contributed by atoms with van der Waals surface area (Å²) in [6.07, 6.45) is 3.75. The largest absolute Gasteiger partial charge is 0.455 e. The third-order valence-electron chi connectivity index (χ3n) is 3.27. The zero-order chi connectivity index (χ0) is 15.4. The van der Waals surface area contributed by atoms with Crippen LogP contribution in [0.4, 0.5) is 0 Å². The van der Waals surface area contributed by atoms with E-state index >= 15 is 0 Å². The molecule has 7 nitrogen and oxygen atoms in total. The molecule has 0 radical (unpaired) electrons. The highest BCUT2D eigenvalue weighted by Crippen LogP contribution is 2.26. The van der Waals surface area contributed by atoms with E-state index in [9.17, 15) is 4.79 Å². The summed E-state index contributed by atoms with van der Waals surface area (Å²) >= 11 is 1.64. The van der Waals surface area contributed by atoms with Crippen LogP contribution in [0.5, 0.6) is 0 Å². The van der Waals surface area contributed by atoms with Gasteiger partial charge in [-0.3, -0.25) is 4.79 Å². The number of aromatic nitrogens is 2. The molecular formula is C14H17N3O4S. The van der Waals surface area contributed by atoms with Crippen LogP contribution >= 0.6 is 11.8 Å². The summed E-state index contributed by atoms with van der Waals surface area (Å²) in [5.41, 5.74) is 0. The lowest BCUT2D eigenvalue weighted by atomic mass is 10.2. The second-order valence-corrected chi connectivity index (χ2v) is 5.80. The molecule has 0 bridgehead atoms. The van der Waals surface area contributed by atoms with Crippen molar-refractivity contribution in [2.75, 3.05) is 12.9 Å². The fourth-order valence-corrected chi connectivity index (χ4v) is 2.65. The summed E-state index contributed by atoms with van der Waals surface area (Å²) in [4.78, 5) is 16.2. The number of hydrogen-bond donors (Lipinski definition) is 1. The maximum Gasteiger partial charge on any atom is 0.287 e. The Bertz CT molecular complexity index is 634. The van der Waals surface area contributed by atoms with Crippen molar-refractivity contribution >= 4 is 17.7 Å². The summed E-state index contributed by atoms with van der Waals surface area (Å²) < 4.78 is 16.1. The lowest BCUT2D eigenvalue weighted by Gasteiger charge is -2.01. The summed E-state index contributed by atoms with van der Waals surface area (Å²) in [7, 11) is 0. The van der Waals surface area contributed by atoms with E-state index in [1.807, 2.05) is 6.26 Å². The summed E-state index contributed by atoms with van der Waals surface area (Å²) in [5.74, 6) is 2.40. The second kappa shape index (κ2) is 6.97. The average Bonchev–Trinajstić information content (AvgIpc) is 3.25. The molecule has 1 saturated heterocycles. The molecule has 1 N–H and O–H groups in total. The van der Waals surface area contributed by atoms with E-state index in [2.05, 4.69) is 15.5 Å². The number of rotatable bonds is 6. The number of thioether (sulfide) groups is 1. The molecule has 1 aliphatic heterocycles. The molecular weight excluding hydrogens is 306 g/mol. The van der Waals surface area contributed by atoms with Gasteiger partial charge in [0, 0.05) is 6.61 Å². The molecule has 1 amide bonds. The van der Waals surface area contributed by atoms with E-state index in [1.165, 1.54) is 0 Å². The van der Waals surface area contributed by atoms with Gasteiger partial charge in [0.1, 0.15) is 11.9 Å². The predicted octanol–water partition coefficient (Wildman–Crippen LogP) is 2.31. The molecule has 0 spiro atoms. The summed E-state index contributed by atoms with van der Waals surface area (Å²) in [6.45, 7) is 0.906. The number of nitrogens with zero attached hydrogens (tertiary/aromatic N) is 2. The SMILES string of the molecule is CSCc1ccc(C(=O)NCc2noc([C@H]3CCCO3)n2)o1. The van der Waals surface area contributed by atoms with Crippen molar-refractivity contribution < 1.29 is 18.5 Å². The molecule has 1 atom stereocenters. The van der Waals surface area contributed by atoms with E-state index in [4.69, 9.17) is 13.7 Å². The lowest BCUT2D eigenvalue weighted by Crippen LogP contribution is -2.22. The van der Waals surface area contributed by atoms with Crippen molar-refractivity contribution in [3.05, 3.63) is 35.4 Å². The van der Waals surface area contributed by atoms with Gasteiger partial charge in [0.25, 0.3) is 11.8 Å². The Hall–Kier alpha value is -1.80. The zero-order valence-corrected chi connectivity index (χ0v) is 13.0. The van der Waals surface area contributed by atoms with E-state index in [0.29, 0.717) is 11.7 Å². The first kappa shape index (κ1) is 15.1. The van der Waals surface area contributed by atoms with Crippen LogP contribution < -0.4 is 5.32 Å². The fraction of sp³-hybridized carbons (Fsp3) is 0.500. The molecule has 1 fully saturated rings. The number of nitrogens with one attached hydrogen (secondary N) is 1. The van der Waals surface area contributed by atoms with Crippen molar-refractivity contribution in [2.24, 2.45) is 0 Å². The molecule has 1 aliphatic rings. The Labute approximate surface area is 131 Å². The molecule has 2 aromatic rings. The molecule has 0 saturated carbocycles. The molecule has 118 valence electrons. The van der Waals surface area contributed by atoms with Gasteiger partial charge in [-0.2, -0.15) is 16.7 Å². The number of hydrogen-bond acceptors (Lipinski definition) is 7. The maximum atomic E-state index is 12.0. The molecule has 8 heteroatoms. The summed E-state index contributed by atoms with van der Waals surface area (Å²) in [5, 5.41) is 6.56. The van der Waals surface area contributed by atoms with Gasteiger partial charge < -0.3 is 19.0 Å². The molecule has 2 aromatic heterocycles. The Morgan fingerprint density at radius 1 is 1.50 bits per heavy atom. The van der Waals surface area contributed by atoms with Crippen molar-refractivity contribution in [1.29, 1.82) is 0 Å². The molecule has 3 heterocycles. The van der Waals surface area contributed by atoms with Gasteiger partial charge in [0.15, 0.2) is 11.6 Å². The molecule has 0 aliphatic carbocycles. The Morgan fingerprint density at radius 3 is 3.18 bits per heavy atom. The smallest absolute Gasteiger partial charge is 0.287 e. The number of carbonyl (C=O) groups is 1. The zero-order valence-electron chi connectivity index (χ0n) is 12.2. The number of furan rings is 1. The van der Waals surface area contributed by atoms with Crippen LogP contribution in [0.3, 0.4) is 0 Å². The van der Waals surface area contributed by atoms with Crippen molar-refractivity contribution in [3.8, 4) is 0 Å². The maximum absolute atomic E-state index is 12.0. The summed E-state index contributed by atoms with van der Waals surface area (Å²) in [6, 6.07) is 3.46. The highest BCUT2D eigenvalue weighted by molar-refractivity contribution is 7.97. The van der Waals surface area contributed by atoms with E-state index in [-0.39, 0.29) is 24.3 Å². The van der Waals surface area contributed by atoms with Gasteiger partial charge in [0.05, 0.1) is 12.3 Å². The first-order valence-corrected chi connectivity index (χ1v) is 8.45. The van der Waals surface area contributed by atoms with Crippen LogP contribution in [0, 0.1) is 0 Å². The van der Waals surface area contributed by atoms with Crippen LogP contribution in [0.25, 0.3) is 0 Å². The van der Waals surface area contributed by atoms with Gasteiger partial charge in [0.2, 0.25) is 0 Å². The Balaban J connectivity index is 1.54. The third-order valence-corrected chi connectivity index (χ3v) is 3.84. The van der Waals surface area contributed by atoms with E-state index in [1.54, 1.807) is 23.9 Å². The molecule has 3 rings (SSSR count). The number of amides is 1. The van der Waals surface area contributed by atoms with Crippen LogP contribution in [0.2, 0.25) is 0 Å². The highest BCUT2D eigenvalue weighted by atomic mass is 32.2. The average molecular weight is 323 g/mol. The first-order valence-electron chi connectivity index (χ1n) is 7.06. The minimum absolute atomic E-state index is 0.115. The molecule has 0 aromatic carbocycles. The van der Waals surface area contributed by atoms with Gasteiger partial charge in [-0.1, -0.05) is 5.16 Å². The monoisotopic (exact) mass is 323 g/mol. The topological polar surface area (TPSA) is 90.4 Å². The Morgan fingerprint density at radius 2 is 2.41 bits per heavy atom. The highest BCUT2D eigenvalue weighted by Gasteiger charge is 2.24. The predicted molar refractivity (Wildman–Crippen MR) is 79.3 cm³/mol. The van der Waals surface area contributed by atoms with Crippen molar-refractivity contribution in [3.63, 3.8) is 0 Å². The third kappa shape index (κ3) is 3.50. The minimum atomic E-state index is -0.296. The fourth-order valence-electron chi connectivity index (χ4n) is 2.21. The first-order chi connectivity index (χ1) is 10.8. The van der Waals surface area contributed by atoms with Crippen LogP contribution in [-0.2, 0) is 17.0 Å². The normalized spacial score (nSPS) is 17.8. The van der Waals surface area contributed by atoms with Crippen LogP contribution in [-0.4, -0.2) is 28.9 Å². The van der Waals surface area contributed by atoms with Crippen LogP contribution in [0.1, 0.15) is 47.0 Å². The van der Waals surface area contributed by atoms with Crippen molar-refractivity contribution in [2.45, 2.75) is 31.2 Å². The van der Waals surface area contributed by atoms with Crippen LogP contribution in [0.15, 0.2) is 21.1 Å². The number of ether oxygens (including phenoxy) is 1. The standard InChI is InChI=1S/C14H17N3O4S/c1-22-8-9-4-5-10(20-9)13(18)15-7-12-16-14(21-17-12)11-3-2-6-19-11/h4-5,11H,2-3,6-8H2,1H3,(H,15,18)/t11-/m1/s1. The second-order valence-electron chi connectivity index (χ2n) is 4.93. The van der Waals surface area contributed by atoms with Gasteiger partial charge in [-0.15, -0.1) is 0 Å². The number of carbonyl (C=O) groups excluding carboxylic acids is 1. The Kier molecular flexibility index (Phi) is 4.79. The molecule has 22 heavy (non-hydrogen) atoms. The van der Waals surface area contributed by atoms with Gasteiger partial charge in [-0.05, 0) is 31.2 Å². The lowest BCUT2D eigenvalue weighted by molar-refractivity contribution is 0.0835. The van der Waals surface area contributed by atoms with E-state index in [0.717, 1.165) is 31.0 Å². The van der Waals surface area contributed by atoms with E-state index < -0.39 is 0 Å². The quantitative estimate of drug-likeness (QED) is 0.872. The minimum Gasteiger partial charge on any atom is -0.455 e. The van der Waals surface area contributed by atoms with Gasteiger partial charge in [-0.25, -0.2) is 0 Å². The van der Waals surface area contributed by atoms with Gasteiger partial charge >= 0.3 is 0 Å². The molecule has 0 unspecified atom stereocenters. The van der Waals surface area contributed by atoms with Crippen molar-refractivity contribution in [1.82, 2.24) is 15.5 Å².